The molecule has 0 spiro atoms. The molecule has 1 atom stereocenters. The number of carbonyl (C=O) groups excluding carboxylic acids is 1. The van der Waals surface area contributed by atoms with Crippen molar-refractivity contribution in [2.24, 2.45) is 0 Å². The van der Waals surface area contributed by atoms with Gasteiger partial charge in [-0.15, -0.1) is 0 Å². The standard InChI is InChI=1S/C13H19ClN2O/c1-4-16(3)13(17)9-15-10(2)11-6-5-7-12(14)8-11/h5-8,10,15H,4,9H2,1-3H3. The molecule has 94 valence electrons. The highest BCUT2D eigenvalue weighted by Crippen LogP contribution is 2.16. The Kier molecular flexibility index (Phi) is 5.45. The monoisotopic (exact) mass is 254 g/mol. The molecule has 1 aromatic carbocycles. The van der Waals surface area contributed by atoms with E-state index in [0.29, 0.717) is 11.6 Å². The molecule has 0 heterocycles. The number of nitrogens with one attached hydrogen (secondary N) is 1. The van der Waals surface area contributed by atoms with E-state index in [1.165, 1.54) is 0 Å². The second-order valence-electron chi connectivity index (χ2n) is 4.07. The van der Waals surface area contributed by atoms with Gasteiger partial charge in [-0.05, 0) is 31.5 Å². The van der Waals surface area contributed by atoms with Crippen LogP contribution < -0.4 is 5.32 Å². The third kappa shape index (κ3) is 4.36. The van der Waals surface area contributed by atoms with Crippen molar-refractivity contribution in [1.29, 1.82) is 0 Å². The van der Waals surface area contributed by atoms with E-state index in [-0.39, 0.29) is 11.9 Å². The molecule has 0 saturated carbocycles. The minimum atomic E-state index is 0.0985. The van der Waals surface area contributed by atoms with E-state index in [1.807, 2.05) is 38.1 Å². The van der Waals surface area contributed by atoms with E-state index >= 15 is 0 Å². The zero-order valence-electron chi connectivity index (χ0n) is 10.5. The fraction of sp³-hybridized carbons (Fsp3) is 0.462. The van der Waals surface area contributed by atoms with Gasteiger partial charge in [-0.2, -0.15) is 0 Å². The molecule has 1 rings (SSSR count). The van der Waals surface area contributed by atoms with Gasteiger partial charge in [-0.1, -0.05) is 23.7 Å². The SMILES string of the molecule is CCN(C)C(=O)CNC(C)c1cccc(Cl)c1. The van der Waals surface area contributed by atoms with Crippen molar-refractivity contribution in [1.82, 2.24) is 10.2 Å². The van der Waals surface area contributed by atoms with Gasteiger partial charge >= 0.3 is 0 Å². The van der Waals surface area contributed by atoms with Gasteiger partial charge in [0.1, 0.15) is 0 Å². The number of likely N-dealkylation sites (N-methyl/N-ethyl adjacent to an activating group) is 1. The van der Waals surface area contributed by atoms with E-state index in [4.69, 9.17) is 11.6 Å². The number of amides is 1. The third-order valence-corrected chi connectivity index (χ3v) is 3.04. The highest BCUT2D eigenvalue weighted by molar-refractivity contribution is 6.30. The summed E-state index contributed by atoms with van der Waals surface area (Å²) >= 11 is 5.92. The molecule has 0 aliphatic carbocycles. The summed E-state index contributed by atoms with van der Waals surface area (Å²) in [4.78, 5) is 13.3. The van der Waals surface area contributed by atoms with E-state index in [2.05, 4.69) is 5.32 Å². The molecule has 1 amide bonds. The smallest absolute Gasteiger partial charge is 0.236 e. The van der Waals surface area contributed by atoms with E-state index < -0.39 is 0 Å². The van der Waals surface area contributed by atoms with Crippen molar-refractivity contribution in [2.75, 3.05) is 20.1 Å². The maximum Gasteiger partial charge on any atom is 0.236 e. The molecule has 1 unspecified atom stereocenters. The first-order chi connectivity index (χ1) is 8.04. The highest BCUT2D eigenvalue weighted by atomic mass is 35.5. The topological polar surface area (TPSA) is 32.3 Å². The van der Waals surface area contributed by atoms with Gasteiger partial charge in [-0.3, -0.25) is 4.79 Å². The van der Waals surface area contributed by atoms with Crippen LogP contribution in [0.25, 0.3) is 0 Å². The van der Waals surface area contributed by atoms with Crippen LogP contribution in [0.1, 0.15) is 25.5 Å². The zero-order valence-corrected chi connectivity index (χ0v) is 11.3. The lowest BCUT2D eigenvalue weighted by Crippen LogP contribution is -2.36. The van der Waals surface area contributed by atoms with Gasteiger partial charge in [0.25, 0.3) is 0 Å². The van der Waals surface area contributed by atoms with Crippen molar-refractivity contribution < 1.29 is 4.79 Å². The molecule has 0 aliphatic rings. The summed E-state index contributed by atoms with van der Waals surface area (Å²) in [6, 6.07) is 7.77. The van der Waals surface area contributed by atoms with Gasteiger partial charge in [0.05, 0.1) is 6.54 Å². The quantitative estimate of drug-likeness (QED) is 0.876. The normalized spacial score (nSPS) is 12.2. The predicted octanol–water partition coefficient (Wildman–Crippen LogP) is 2.47. The summed E-state index contributed by atoms with van der Waals surface area (Å²) in [7, 11) is 1.80. The molecule has 1 N–H and O–H groups in total. The van der Waals surface area contributed by atoms with Gasteiger partial charge in [0.2, 0.25) is 5.91 Å². The highest BCUT2D eigenvalue weighted by Gasteiger charge is 2.10. The van der Waals surface area contributed by atoms with Crippen LogP contribution in [0.4, 0.5) is 0 Å². The Bertz CT molecular complexity index is 381. The fourth-order valence-corrected chi connectivity index (χ4v) is 1.64. The molecule has 3 nitrogen and oxygen atoms in total. The Balaban J connectivity index is 2.50. The lowest BCUT2D eigenvalue weighted by Gasteiger charge is -2.18. The molecule has 1 aromatic rings. The molecule has 17 heavy (non-hydrogen) atoms. The first-order valence-electron chi connectivity index (χ1n) is 5.77. The number of rotatable bonds is 5. The van der Waals surface area contributed by atoms with Crippen LogP contribution in [-0.2, 0) is 4.79 Å². The van der Waals surface area contributed by atoms with Gasteiger partial charge < -0.3 is 10.2 Å². The summed E-state index contributed by atoms with van der Waals surface area (Å²) < 4.78 is 0. The summed E-state index contributed by atoms with van der Waals surface area (Å²) in [6.07, 6.45) is 0. The van der Waals surface area contributed by atoms with Crippen molar-refractivity contribution in [3.8, 4) is 0 Å². The third-order valence-electron chi connectivity index (χ3n) is 2.81. The van der Waals surface area contributed by atoms with Gasteiger partial charge in [-0.25, -0.2) is 0 Å². The van der Waals surface area contributed by atoms with Crippen LogP contribution in [-0.4, -0.2) is 30.9 Å². The molecule has 0 aromatic heterocycles. The number of carbonyl (C=O) groups is 1. The first-order valence-corrected chi connectivity index (χ1v) is 6.15. The molecule has 0 bridgehead atoms. The Morgan fingerprint density at radius 3 is 2.82 bits per heavy atom. The lowest BCUT2D eigenvalue weighted by molar-refractivity contribution is -0.128. The van der Waals surface area contributed by atoms with Crippen LogP contribution in [0.2, 0.25) is 5.02 Å². The summed E-state index contributed by atoms with van der Waals surface area (Å²) in [5.41, 5.74) is 1.09. The average Bonchev–Trinajstić information content (AvgIpc) is 2.34. The Labute approximate surface area is 108 Å². The summed E-state index contributed by atoms with van der Waals surface area (Å²) in [5, 5.41) is 3.91. The Morgan fingerprint density at radius 1 is 1.53 bits per heavy atom. The zero-order chi connectivity index (χ0) is 12.8. The predicted molar refractivity (Wildman–Crippen MR) is 71.2 cm³/mol. The second kappa shape index (κ2) is 6.62. The lowest BCUT2D eigenvalue weighted by atomic mass is 10.1. The van der Waals surface area contributed by atoms with Gasteiger partial charge in [0.15, 0.2) is 0 Å². The number of hydrogen-bond donors (Lipinski definition) is 1. The summed E-state index contributed by atoms with van der Waals surface area (Å²) in [6.45, 7) is 5.05. The van der Waals surface area contributed by atoms with Crippen LogP contribution in [0.15, 0.2) is 24.3 Å². The molecule has 0 radical (unpaired) electrons. The second-order valence-corrected chi connectivity index (χ2v) is 4.50. The van der Waals surface area contributed by atoms with Gasteiger partial charge in [0, 0.05) is 24.7 Å². The molecule has 4 heteroatoms. The Morgan fingerprint density at radius 2 is 2.24 bits per heavy atom. The minimum Gasteiger partial charge on any atom is -0.345 e. The Hall–Kier alpha value is -1.06. The van der Waals surface area contributed by atoms with Crippen molar-refractivity contribution in [2.45, 2.75) is 19.9 Å². The van der Waals surface area contributed by atoms with Crippen LogP contribution >= 0.6 is 11.6 Å². The van der Waals surface area contributed by atoms with Crippen LogP contribution in [0, 0.1) is 0 Å². The molecular formula is C13H19ClN2O. The van der Waals surface area contributed by atoms with E-state index in [0.717, 1.165) is 12.1 Å². The van der Waals surface area contributed by atoms with Crippen molar-refractivity contribution in [3.05, 3.63) is 34.9 Å². The van der Waals surface area contributed by atoms with Crippen molar-refractivity contribution >= 4 is 17.5 Å². The largest absolute Gasteiger partial charge is 0.345 e. The van der Waals surface area contributed by atoms with E-state index in [9.17, 15) is 4.79 Å². The minimum absolute atomic E-state index is 0.0985. The fourth-order valence-electron chi connectivity index (χ4n) is 1.45. The van der Waals surface area contributed by atoms with E-state index in [1.54, 1.807) is 11.9 Å². The maximum atomic E-state index is 11.6. The number of hydrogen-bond acceptors (Lipinski definition) is 2. The maximum absolute atomic E-state index is 11.6. The molecule has 0 fully saturated rings. The molecule has 0 saturated heterocycles. The number of nitrogens with zero attached hydrogens (tertiary/aromatic N) is 1. The van der Waals surface area contributed by atoms with Crippen LogP contribution in [0.5, 0.6) is 0 Å². The first kappa shape index (κ1) is 14.0. The average molecular weight is 255 g/mol. The number of halogens is 1. The van der Waals surface area contributed by atoms with Crippen molar-refractivity contribution in [3.63, 3.8) is 0 Å². The van der Waals surface area contributed by atoms with Crippen LogP contribution in [0.3, 0.4) is 0 Å². The summed E-state index contributed by atoms with van der Waals surface area (Å²) in [5.74, 6) is 0.0985. The molecule has 0 aliphatic heterocycles. The number of benzene rings is 1. The molecular weight excluding hydrogens is 236 g/mol.